The monoisotopic (exact) mass is 172 g/mol. The Labute approximate surface area is 69.4 Å². The number of carbonyl (C=O) groups is 2. The first-order valence-corrected chi connectivity index (χ1v) is 2.97. The molecule has 6 nitrogen and oxygen atoms in total. The lowest BCUT2D eigenvalue weighted by Crippen LogP contribution is -2.24. The second-order valence-corrected chi connectivity index (χ2v) is 1.70. The molecule has 0 spiro atoms. The molecule has 0 unspecified atom stereocenters. The molecule has 2 N–H and O–H groups in total. The van der Waals surface area contributed by atoms with E-state index in [-0.39, 0.29) is 1.43 Å². The molecule has 0 aromatic carbocycles. The Morgan fingerprint density at radius 2 is 2.33 bits per heavy atom. The van der Waals surface area contributed by atoms with Gasteiger partial charge in [-0.25, -0.2) is 4.98 Å². The third kappa shape index (κ3) is 8.15. The van der Waals surface area contributed by atoms with E-state index in [1.54, 1.807) is 18.7 Å². The van der Waals surface area contributed by atoms with Gasteiger partial charge in [0.1, 0.15) is 0 Å². The molecule has 0 amide bonds. The second-order valence-electron chi connectivity index (χ2n) is 1.70. The number of nitrogens with one attached hydrogen (secondary N) is 1. The number of hydrogen-bond donors (Lipinski definition) is 2. The summed E-state index contributed by atoms with van der Waals surface area (Å²) >= 11 is 0. The number of carbonyl (C=O) groups excluding carboxylic acids is 1. The first kappa shape index (κ1) is 10.2. The van der Waals surface area contributed by atoms with Crippen LogP contribution >= 0.6 is 0 Å². The van der Waals surface area contributed by atoms with E-state index in [1.165, 1.54) is 0 Å². The molecule has 0 aliphatic rings. The summed E-state index contributed by atoms with van der Waals surface area (Å²) in [4.78, 5) is 25.1. The number of aromatic nitrogens is 2. The molecule has 6 heteroatoms. The highest BCUT2D eigenvalue weighted by Crippen LogP contribution is 1.70. The van der Waals surface area contributed by atoms with Crippen LogP contribution in [0.4, 0.5) is 0 Å². The largest absolute Gasteiger partial charge is 1.00 e. The number of aromatic amines is 1. The molecule has 1 rings (SSSR count). The summed E-state index contributed by atoms with van der Waals surface area (Å²) < 4.78 is 0. The van der Waals surface area contributed by atoms with Crippen molar-refractivity contribution >= 4 is 11.9 Å². The van der Waals surface area contributed by atoms with Crippen LogP contribution in [-0.2, 0) is 9.59 Å². The summed E-state index contributed by atoms with van der Waals surface area (Å²) in [6, 6.07) is 0. The Hall–Kier alpha value is -1.85. The number of aliphatic carboxylic acids is 2. The van der Waals surface area contributed by atoms with Crippen LogP contribution in [0.25, 0.3) is 0 Å². The highest BCUT2D eigenvalue weighted by atomic mass is 16.4. The van der Waals surface area contributed by atoms with Crippen molar-refractivity contribution in [3.05, 3.63) is 18.7 Å². The number of carboxylic acid groups (broad SMARTS) is 2. The predicted molar refractivity (Wildman–Crippen MR) is 37.0 cm³/mol. The molecule has 66 valence electrons. The third-order valence-electron chi connectivity index (χ3n) is 0.701. The van der Waals surface area contributed by atoms with Crippen molar-refractivity contribution in [2.75, 3.05) is 0 Å². The number of imidazole rings is 1. The molecule has 0 atom stereocenters. The first-order chi connectivity index (χ1) is 5.63. The zero-order valence-electron chi connectivity index (χ0n) is 7.06. The maximum Gasteiger partial charge on any atom is 1.00 e. The van der Waals surface area contributed by atoms with E-state index in [1.807, 2.05) is 0 Å². The summed E-state index contributed by atoms with van der Waals surface area (Å²) in [5.74, 6) is -2.94. The fraction of sp³-hybridized carbons (Fsp3) is 0.167. The molecule has 0 aliphatic heterocycles. The molecule has 0 bridgehead atoms. The van der Waals surface area contributed by atoms with Gasteiger partial charge in [-0.3, -0.25) is 4.79 Å². The molecular weight excluding hydrogens is 164 g/mol. The molecule has 12 heavy (non-hydrogen) atoms. The summed E-state index contributed by atoms with van der Waals surface area (Å²) in [7, 11) is 0. The molecule has 0 saturated heterocycles. The van der Waals surface area contributed by atoms with Crippen molar-refractivity contribution in [2.45, 2.75) is 6.42 Å². The van der Waals surface area contributed by atoms with Gasteiger partial charge in [0.15, 0.2) is 0 Å². The van der Waals surface area contributed by atoms with Crippen LogP contribution in [0, 0.1) is 0 Å². The van der Waals surface area contributed by atoms with Gasteiger partial charge in [-0.1, -0.05) is 0 Å². The smallest absolute Gasteiger partial charge is 0.550 e. The molecular formula is C6H8N2O4. The lowest BCUT2D eigenvalue weighted by atomic mass is 10.5. The Bertz CT molecular complexity index is 208. The normalized spacial score (nSPS) is 8.00. The maximum absolute atomic E-state index is 9.39. The number of H-pyrrole nitrogens is 1. The molecule has 1 aromatic rings. The summed E-state index contributed by atoms with van der Waals surface area (Å²) in [5.41, 5.74) is 0. The Morgan fingerprint density at radius 3 is 2.42 bits per heavy atom. The third-order valence-corrected chi connectivity index (χ3v) is 0.701. The van der Waals surface area contributed by atoms with Crippen molar-refractivity contribution in [2.24, 2.45) is 0 Å². The van der Waals surface area contributed by atoms with E-state index in [0.29, 0.717) is 0 Å². The average Bonchev–Trinajstić information content (AvgIpc) is 2.36. The van der Waals surface area contributed by atoms with E-state index in [2.05, 4.69) is 9.97 Å². The van der Waals surface area contributed by atoms with Gasteiger partial charge >= 0.3 is 7.40 Å². The summed E-state index contributed by atoms with van der Waals surface area (Å²) in [5, 5.41) is 17.0. The Balaban J connectivity index is 0. The maximum atomic E-state index is 9.39. The molecule has 0 saturated carbocycles. The molecule has 1 heterocycles. The predicted octanol–water partition coefficient (Wildman–Crippen LogP) is -1.27. The van der Waals surface area contributed by atoms with Crippen molar-refractivity contribution in [3.8, 4) is 0 Å². The standard InChI is InChI=1S/C3H4N2.C3H4O4/c1-2-5-3-4-1;4-2(5)1-3(6)7/h1-3H,(H,4,5);1H2,(H,4,5)(H,6,7). The van der Waals surface area contributed by atoms with Crippen LogP contribution < -0.4 is 5.11 Å². The van der Waals surface area contributed by atoms with Gasteiger partial charge in [0.05, 0.1) is 18.7 Å². The van der Waals surface area contributed by atoms with Crippen LogP contribution in [0.1, 0.15) is 7.85 Å². The van der Waals surface area contributed by atoms with E-state index in [0.717, 1.165) is 0 Å². The number of nitrogens with zero attached hydrogens (tertiary/aromatic N) is 1. The fourth-order valence-electron chi connectivity index (χ4n) is 0.339. The van der Waals surface area contributed by atoms with Crippen LogP contribution in [0.3, 0.4) is 0 Å². The topological polar surface area (TPSA) is 106 Å². The Kier molecular flexibility index (Phi) is 4.99. The van der Waals surface area contributed by atoms with Crippen LogP contribution in [0.5, 0.6) is 0 Å². The van der Waals surface area contributed by atoms with E-state index >= 15 is 0 Å². The zero-order valence-corrected chi connectivity index (χ0v) is 6.06. The molecule has 0 aliphatic carbocycles. The van der Waals surface area contributed by atoms with Gasteiger partial charge in [-0.2, -0.15) is 0 Å². The van der Waals surface area contributed by atoms with Crippen molar-refractivity contribution in [1.29, 1.82) is 0 Å². The van der Waals surface area contributed by atoms with Crippen LogP contribution in [0.2, 0.25) is 0 Å². The second kappa shape index (κ2) is 5.90. The van der Waals surface area contributed by atoms with Crippen molar-refractivity contribution in [3.63, 3.8) is 0 Å². The highest BCUT2D eigenvalue weighted by Gasteiger charge is 1.92. The summed E-state index contributed by atoms with van der Waals surface area (Å²) in [6.07, 6.45) is 4.17. The van der Waals surface area contributed by atoms with Crippen molar-refractivity contribution < 1.29 is 21.2 Å². The molecule has 0 fully saturated rings. The summed E-state index contributed by atoms with van der Waals surface area (Å²) in [6.45, 7) is 0. The lowest BCUT2D eigenvalue weighted by molar-refractivity contribution is -0.305. The van der Waals surface area contributed by atoms with Gasteiger partial charge in [-0.15, -0.1) is 0 Å². The lowest BCUT2D eigenvalue weighted by Gasteiger charge is -1.91. The Morgan fingerprint density at radius 1 is 1.67 bits per heavy atom. The highest BCUT2D eigenvalue weighted by molar-refractivity contribution is 5.87. The van der Waals surface area contributed by atoms with Crippen LogP contribution in [0.15, 0.2) is 18.7 Å². The SMILES string of the molecule is O=C([O-])CC(=O)O.[H+].c1c[nH]cn1. The average molecular weight is 172 g/mol. The number of carboxylic acids is 2. The van der Waals surface area contributed by atoms with Gasteiger partial charge in [0, 0.05) is 12.4 Å². The first-order valence-electron chi connectivity index (χ1n) is 2.97. The minimum Gasteiger partial charge on any atom is -0.550 e. The minimum atomic E-state index is -1.56. The van der Waals surface area contributed by atoms with Crippen LogP contribution in [-0.4, -0.2) is 27.0 Å². The minimum absolute atomic E-state index is 0. The van der Waals surface area contributed by atoms with Crippen molar-refractivity contribution in [1.82, 2.24) is 9.97 Å². The van der Waals surface area contributed by atoms with E-state index in [4.69, 9.17) is 5.11 Å². The van der Waals surface area contributed by atoms with E-state index in [9.17, 15) is 14.7 Å². The fourth-order valence-corrected chi connectivity index (χ4v) is 0.339. The van der Waals surface area contributed by atoms with Gasteiger partial charge in [-0.05, 0) is 0 Å². The van der Waals surface area contributed by atoms with Gasteiger partial charge < -0.3 is 20.0 Å². The molecule has 0 radical (unpaired) electrons. The zero-order chi connectivity index (χ0) is 9.40. The number of rotatable bonds is 2. The molecule has 1 aromatic heterocycles. The quantitative estimate of drug-likeness (QED) is 0.541. The van der Waals surface area contributed by atoms with E-state index < -0.39 is 18.4 Å². The van der Waals surface area contributed by atoms with Gasteiger partial charge in [0.2, 0.25) is 0 Å². The number of hydrogen-bond acceptors (Lipinski definition) is 4. The van der Waals surface area contributed by atoms with Gasteiger partial charge in [0.25, 0.3) is 0 Å².